The van der Waals surface area contributed by atoms with Gasteiger partial charge in [0.05, 0.1) is 13.2 Å². The van der Waals surface area contributed by atoms with Crippen LogP contribution >= 0.6 is 0 Å². The van der Waals surface area contributed by atoms with Crippen molar-refractivity contribution >= 4 is 17.5 Å². The zero-order valence-corrected chi connectivity index (χ0v) is 10.6. The lowest BCUT2D eigenvalue weighted by Crippen LogP contribution is -2.42. The molecule has 0 bridgehead atoms. The molecule has 104 valence electrons. The summed E-state index contributed by atoms with van der Waals surface area (Å²) in [5, 5.41) is 2.68. The van der Waals surface area contributed by atoms with Gasteiger partial charge in [-0.05, 0) is 6.07 Å². The van der Waals surface area contributed by atoms with Gasteiger partial charge < -0.3 is 25.7 Å². The number of nitrogens with zero attached hydrogens (tertiary/aromatic N) is 1. The molecule has 4 N–H and O–H groups in total. The van der Waals surface area contributed by atoms with E-state index in [0.717, 1.165) is 0 Å². The maximum atomic E-state index is 11.8. The number of nitrogens with one attached hydrogen (secondary N) is 2. The number of aromatic nitrogens is 1. The summed E-state index contributed by atoms with van der Waals surface area (Å²) in [4.78, 5) is 28.0. The molecule has 0 spiro atoms. The Labute approximate surface area is 111 Å². The third-order valence-electron chi connectivity index (χ3n) is 2.94. The van der Waals surface area contributed by atoms with E-state index in [9.17, 15) is 9.59 Å². The van der Waals surface area contributed by atoms with Gasteiger partial charge in [-0.2, -0.15) is 0 Å². The van der Waals surface area contributed by atoms with Crippen LogP contribution in [0.25, 0.3) is 0 Å². The van der Waals surface area contributed by atoms with Crippen LogP contribution in [0.2, 0.25) is 0 Å². The highest BCUT2D eigenvalue weighted by Gasteiger charge is 2.16. The van der Waals surface area contributed by atoms with Gasteiger partial charge in [0.1, 0.15) is 5.69 Å². The molecule has 7 heteroatoms. The fraction of sp³-hybridized carbons (Fsp3) is 0.500. The second-order valence-corrected chi connectivity index (χ2v) is 4.35. The quantitative estimate of drug-likeness (QED) is 0.688. The molecule has 2 rings (SSSR count). The lowest BCUT2D eigenvalue weighted by molar-refractivity contribution is -0.135. The number of carbonyl (C=O) groups excluding carboxylic acids is 2. The summed E-state index contributed by atoms with van der Waals surface area (Å²) in [6.45, 7) is 2.73. The molecule has 1 aliphatic rings. The molecule has 1 aromatic rings. The molecule has 1 fully saturated rings. The van der Waals surface area contributed by atoms with Crippen LogP contribution in [0.3, 0.4) is 0 Å². The third-order valence-corrected chi connectivity index (χ3v) is 2.94. The minimum absolute atomic E-state index is 0.0367. The van der Waals surface area contributed by atoms with Crippen LogP contribution in [-0.4, -0.2) is 54.5 Å². The predicted molar refractivity (Wildman–Crippen MR) is 69.6 cm³/mol. The molecule has 1 saturated heterocycles. The van der Waals surface area contributed by atoms with Crippen LogP contribution < -0.4 is 11.1 Å². The van der Waals surface area contributed by atoms with Gasteiger partial charge in [-0.25, -0.2) is 0 Å². The zero-order chi connectivity index (χ0) is 13.7. The van der Waals surface area contributed by atoms with E-state index in [0.29, 0.717) is 50.7 Å². The highest BCUT2D eigenvalue weighted by Crippen LogP contribution is 2.04. The van der Waals surface area contributed by atoms with Gasteiger partial charge in [-0.1, -0.05) is 0 Å². The van der Waals surface area contributed by atoms with Crippen molar-refractivity contribution in [3.05, 3.63) is 18.0 Å². The number of morpholine rings is 1. The molecular weight excluding hydrogens is 248 g/mol. The summed E-state index contributed by atoms with van der Waals surface area (Å²) < 4.78 is 5.17. The van der Waals surface area contributed by atoms with Gasteiger partial charge in [0.25, 0.3) is 5.91 Å². The molecule has 0 radical (unpaired) electrons. The largest absolute Gasteiger partial charge is 0.397 e. The Morgan fingerprint density at radius 2 is 2.16 bits per heavy atom. The number of ether oxygens (including phenoxy) is 1. The Morgan fingerprint density at radius 1 is 1.42 bits per heavy atom. The minimum atomic E-state index is -0.258. The fourth-order valence-electron chi connectivity index (χ4n) is 1.89. The van der Waals surface area contributed by atoms with Crippen LogP contribution in [0.5, 0.6) is 0 Å². The molecule has 7 nitrogen and oxygen atoms in total. The number of anilines is 1. The number of hydrogen-bond acceptors (Lipinski definition) is 4. The van der Waals surface area contributed by atoms with Gasteiger partial charge in [0, 0.05) is 37.9 Å². The number of carbonyl (C=O) groups is 2. The van der Waals surface area contributed by atoms with Crippen molar-refractivity contribution in [1.29, 1.82) is 0 Å². The molecule has 0 aromatic carbocycles. The van der Waals surface area contributed by atoms with E-state index in [-0.39, 0.29) is 11.8 Å². The standard InChI is InChI=1S/C12H18N4O3/c13-9-7-10(15-8-9)12(18)14-2-1-11(17)16-3-5-19-6-4-16/h7-8,15H,1-6,13H2,(H,14,18). The Kier molecular flexibility index (Phi) is 4.40. The van der Waals surface area contributed by atoms with Gasteiger partial charge in [-0.3, -0.25) is 9.59 Å². The smallest absolute Gasteiger partial charge is 0.267 e. The van der Waals surface area contributed by atoms with Crippen molar-refractivity contribution in [2.24, 2.45) is 0 Å². The number of amides is 2. The topological polar surface area (TPSA) is 100 Å². The normalized spacial score (nSPS) is 15.3. The molecule has 19 heavy (non-hydrogen) atoms. The predicted octanol–water partition coefficient (Wildman–Crippen LogP) is -0.424. The summed E-state index contributed by atoms with van der Waals surface area (Å²) in [5.41, 5.74) is 6.42. The first kappa shape index (κ1) is 13.4. The van der Waals surface area contributed by atoms with E-state index in [4.69, 9.17) is 10.5 Å². The number of aromatic amines is 1. The minimum Gasteiger partial charge on any atom is -0.397 e. The fourth-order valence-corrected chi connectivity index (χ4v) is 1.89. The molecule has 0 unspecified atom stereocenters. The van der Waals surface area contributed by atoms with Gasteiger partial charge in [0.15, 0.2) is 0 Å². The zero-order valence-electron chi connectivity index (χ0n) is 10.6. The maximum Gasteiger partial charge on any atom is 0.267 e. The van der Waals surface area contributed by atoms with E-state index in [1.807, 2.05) is 0 Å². The van der Waals surface area contributed by atoms with Crippen LogP contribution in [0.4, 0.5) is 5.69 Å². The van der Waals surface area contributed by atoms with E-state index >= 15 is 0 Å². The van der Waals surface area contributed by atoms with Gasteiger partial charge in [-0.15, -0.1) is 0 Å². The van der Waals surface area contributed by atoms with Crippen LogP contribution in [0, 0.1) is 0 Å². The number of nitrogen functional groups attached to an aromatic ring is 1. The summed E-state index contributed by atoms with van der Waals surface area (Å²) in [5.74, 6) is -0.221. The highest BCUT2D eigenvalue weighted by atomic mass is 16.5. The summed E-state index contributed by atoms with van der Waals surface area (Å²) in [6.07, 6.45) is 1.84. The molecule has 1 aromatic heterocycles. The van der Waals surface area contributed by atoms with Crippen LogP contribution in [-0.2, 0) is 9.53 Å². The number of nitrogens with two attached hydrogens (primary N) is 1. The third kappa shape index (κ3) is 3.72. The SMILES string of the molecule is Nc1c[nH]c(C(=O)NCCC(=O)N2CCOCC2)c1. The second kappa shape index (κ2) is 6.24. The van der Waals surface area contributed by atoms with E-state index < -0.39 is 0 Å². The van der Waals surface area contributed by atoms with Crippen LogP contribution in [0.15, 0.2) is 12.3 Å². The molecule has 2 amide bonds. The van der Waals surface area contributed by atoms with Crippen molar-refractivity contribution in [3.8, 4) is 0 Å². The monoisotopic (exact) mass is 266 g/mol. The Bertz CT molecular complexity index is 452. The molecule has 0 aliphatic carbocycles. The van der Waals surface area contributed by atoms with Gasteiger partial charge >= 0.3 is 0 Å². The lowest BCUT2D eigenvalue weighted by atomic mass is 10.3. The summed E-state index contributed by atoms with van der Waals surface area (Å²) >= 11 is 0. The van der Waals surface area contributed by atoms with Crippen molar-refractivity contribution in [2.45, 2.75) is 6.42 Å². The molecule has 1 aliphatic heterocycles. The Balaban J connectivity index is 1.71. The van der Waals surface area contributed by atoms with E-state index in [2.05, 4.69) is 10.3 Å². The average Bonchev–Trinajstić information content (AvgIpc) is 2.86. The molecule has 2 heterocycles. The molecule has 0 saturated carbocycles. The molecule has 0 atom stereocenters. The van der Waals surface area contributed by atoms with Gasteiger partial charge in [0.2, 0.25) is 5.91 Å². The summed E-state index contributed by atoms with van der Waals surface area (Å²) in [6, 6.07) is 1.55. The Morgan fingerprint density at radius 3 is 2.79 bits per heavy atom. The van der Waals surface area contributed by atoms with Crippen molar-refractivity contribution < 1.29 is 14.3 Å². The lowest BCUT2D eigenvalue weighted by Gasteiger charge is -2.26. The first-order valence-corrected chi connectivity index (χ1v) is 6.24. The highest BCUT2D eigenvalue weighted by molar-refractivity contribution is 5.93. The first-order valence-electron chi connectivity index (χ1n) is 6.24. The molecular formula is C12H18N4O3. The van der Waals surface area contributed by atoms with E-state index in [1.54, 1.807) is 17.2 Å². The average molecular weight is 266 g/mol. The van der Waals surface area contributed by atoms with E-state index in [1.165, 1.54) is 0 Å². The number of rotatable bonds is 4. The Hall–Kier alpha value is -2.02. The first-order chi connectivity index (χ1) is 9.16. The van der Waals surface area contributed by atoms with Crippen molar-refractivity contribution in [3.63, 3.8) is 0 Å². The van der Waals surface area contributed by atoms with Crippen molar-refractivity contribution in [2.75, 3.05) is 38.6 Å². The number of hydrogen-bond donors (Lipinski definition) is 3. The maximum absolute atomic E-state index is 11.8. The second-order valence-electron chi connectivity index (χ2n) is 4.35. The van der Waals surface area contributed by atoms with Crippen molar-refractivity contribution in [1.82, 2.24) is 15.2 Å². The summed E-state index contributed by atoms with van der Waals surface area (Å²) in [7, 11) is 0. The number of H-pyrrole nitrogens is 1. The van der Waals surface area contributed by atoms with Crippen LogP contribution in [0.1, 0.15) is 16.9 Å².